The zero-order valence-electron chi connectivity index (χ0n) is 18.4. The molecule has 2 aromatic rings. The molecule has 0 bridgehead atoms. The molecule has 0 spiro atoms. The second-order valence-corrected chi connectivity index (χ2v) is 8.88. The Balaban J connectivity index is 2.71. The standard InChI is InChI=1S/C19H21N3O11S/c1-5-31-18(26)11-6-9(2)7-12(8-11)32-15-13(22(27)28)16(21-19(20-15)34(4,29)30)33-14(10(3)23)17(24)25/h6-8,10,14,23H,5H2,1-4H3,(H,24,25). The van der Waals surface area contributed by atoms with Gasteiger partial charge in [-0.2, -0.15) is 9.97 Å². The number of aliphatic carboxylic acids is 1. The summed E-state index contributed by atoms with van der Waals surface area (Å²) in [4.78, 5) is 41.2. The van der Waals surface area contributed by atoms with Gasteiger partial charge in [-0.25, -0.2) is 18.0 Å². The number of hydrogen-bond acceptors (Lipinski definition) is 12. The van der Waals surface area contributed by atoms with Gasteiger partial charge in [-0.15, -0.1) is 0 Å². The summed E-state index contributed by atoms with van der Waals surface area (Å²) in [5, 5.41) is 29.7. The Morgan fingerprint density at radius 2 is 1.82 bits per heavy atom. The first-order valence-corrected chi connectivity index (χ1v) is 11.4. The molecule has 2 unspecified atom stereocenters. The summed E-state index contributed by atoms with van der Waals surface area (Å²) in [6, 6.07) is 4.04. The number of aliphatic hydroxyl groups is 1. The number of carbonyl (C=O) groups excluding carboxylic acids is 1. The third-order valence-electron chi connectivity index (χ3n) is 4.01. The molecule has 0 aliphatic rings. The molecule has 0 aliphatic heterocycles. The molecular weight excluding hydrogens is 478 g/mol. The molecule has 0 amide bonds. The van der Waals surface area contributed by atoms with Gasteiger partial charge in [0.2, 0.25) is 15.9 Å². The van der Waals surface area contributed by atoms with E-state index in [1.807, 2.05) is 0 Å². The molecule has 1 aromatic heterocycles. The van der Waals surface area contributed by atoms with E-state index >= 15 is 0 Å². The van der Waals surface area contributed by atoms with Crippen molar-refractivity contribution in [2.45, 2.75) is 38.1 Å². The van der Waals surface area contributed by atoms with Gasteiger partial charge in [-0.05, 0) is 44.5 Å². The Labute approximate surface area is 193 Å². The first-order valence-electron chi connectivity index (χ1n) is 9.55. The van der Waals surface area contributed by atoms with E-state index in [0.717, 1.165) is 6.92 Å². The van der Waals surface area contributed by atoms with Crippen molar-refractivity contribution in [1.82, 2.24) is 9.97 Å². The first kappa shape index (κ1) is 26.4. The third kappa shape index (κ3) is 6.35. The number of carboxylic acids is 1. The molecule has 1 aromatic carbocycles. The van der Waals surface area contributed by atoms with Crippen LogP contribution in [0.15, 0.2) is 23.4 Å². The van der Waals surface area contributed by atoms with Crippen LogP contribution in [-0.4, -0.2) is 70.5 Å². The minimum Gasteiger partial charge on any atom is -0.478 e. The highest BCUT2D eigenvalue weighted by atomic mass is 32.2. The van der Waals surface area contributed by atoms with E-state index in [2.05, 4.69) is 9.97 Å². The third-order valence-corrected chi connectivity index (χ3v) is 4.86. The lowest BCUT2D eigenvalue weighted by molar-refractivity contribution is -0.387. The van der Waals surface area contributed by atoms with Gasteiger partial charge in [0.15, 0.2) is 0 Å². The second kappa shape index (κ2) is 10.4. The molecule has 0 radical (unpaired) electrons. The van der Waals surface area contributed by atoms with Crippen LogP contribution in [0.1, 0.15) is 29.8 Å². The van der Waals surface area contributed by atoms with Crippen molar-refractivity contribution in [2.75, 3.05) is 12.9 Å². The smallest absolute Gasteiger partial charge is 0.392 e. The van der Waals surface area contributed by atoms with Crippen molar-refractivity contribution in [3.05, 3.63) is 39.4 Å². The number of ether oxygens (including phenoxy) is 3. The Morgan fingerprint density at radius 3 is 2.32 bits per heavy atom. The molecule has 2 atom stereocenters. The van der Waals surface area contributed by atoms with Gasteiger partial charge < -0.3 is 24.4 Å². The summed E-state index contributed by atoms with van der Waals surface area (Å²) < 4.78 is 39.5. The molecule has 2 rings (SSSR count). The van der Waals surface area contributed by atoms with Gasteiger partial charge in [0, 0.05) is 6.26 Å². The maximum absolute atomic E-state index is 12.1. The quantitative estimate of drug-likeness (QED) is 0.205. The number of rotatable bonds is 10. The SMILES string of the molecule is CCOC(=O)c1cc(C)cc(Oc2nc(S(C)(=O)=O)nc(OC(C(=O)O)C(C)O)c2[N+](=O)[O-])c1. The highest BCUT2D eigenvalue weighted by Gasteiger charge is 2.35. The molecule has 0 saturated heterocycles. The monoisotopic (exact) mass is 499 g/mol. The molecule has 0 aliphatic carbocycles. The average Bonchev–Trinajstić information content (AvgIpc) is 2.70. The Kier molecular flexibility index (Phi) is 8.07. The van der Waals surface area contributed by atoms with Gasteiger partial charge in [0.1, 0.15) is 5.75 Å². The van der Waals surface area contributed by atoms with Crippen LogP contribution in [0.2, 0.25) is 0 Å². The largest absolute Gasteiger partial charge is 0.478 e. The van der Waals surface area contributed by atoms with Crippen LogP contribution in [0, 0.1) is 17.0 Å². The number of nitrogens with zero attached hydrogens (tertiary/aromatic N) is 3. The Morgan fingerprint density at radius 1 is 1.21 bits per heavy atom. The highest BCUT2D eigenvalue weighted by Crippen LogP contribution is 2.38. The van der Waals surface area contributed by atoms with Gasteiger partial charge in [0.25, 0.3) is 5.16 Å². The van der Waals surface area contributed by atoms with E-state index in [1.165, 1.54) is 18.2 Å². The number of sulfone groups is 1. The van der Waals surface area contributed by atoms with Gasteiger partial charge in [0.05, 0.1) is 23.2 Å². The molecular formula is C19H21N3O11S. The zero-order valence-corrected chi connectivity index (χ0v) is 19.2. The first-order chi connectivity index (χ1) is 15.7. The normalized spacial score (nSPS) is 13.0. The molecule has 0 saturated carbocycles. The number of benzene rings is 1. The summed E-state index contributed by atoms with van der Waals surface area (Å²) in [7, 11) is -4.18. The number of nitro groups is 1. The summed E-state index contributed by atoms with van der Waals surface area (Å²) in [5.41, 5.74) is -0.552. The molecule has 1 heterocycles. The number of aryl methyl sites for hydroxylation is 1. The number of aromatic nitrogens is 2. The Hall–Kier alpha value is -3.85. The summed E-state index contributed by atoms with van der Waals surface area (Å²) >= 11 is 0. The van der Waals surface area contributed by atoms with Gasteiger partial charge in [-0.1, -0.05) is 0 Å². The van der Waals surface area contributed by atoms with Crippen LogP contribution < -0.4 is 9.47 Å². The molecule has 2 N–H and O–H groups in total. The summed E-state index contributed by atoms with van der Waals surface area (Å²) in [5.74, 6) is -4.48. The van der Waals surface area contributed by atoms with Crippen molar-refractivity contribution >= 4 is 27.5 Å². The van der Waals surface area contributed by atoms with Crippen LogP contribution >= 0.6 is 0 Å². The zero-order chi connectivity index (χ0) is 25.8. The van der Waals surface area contributed by atoms with E-state index in [4.69, 9.17) is 14.2 Å². The average molecular weight is 499 g/mol. The summed E-state index contributed by atoms with van der Waals surface area (Å²) in [6.07, 6.45) is -2.97. The Bertz CT molecular complexity index is 1230. The van der Waals surface area contributed by atoms with Crippen molar-refractivity contribution in [1.29, 1.82) is 0 Å². The van der Waals surface area contributed by atoms with Crippen LogP contribution in [0.3, 0.4) is 0 Å². The fraction of sp³-hybridized carbons (Fsp3) is 0.368. The molecule has 0 fully saturated rings. The maximum atomic E-state index is 12.1. The fourth-order valence-electron chi connectivity index (χ4n) is 2.60. The van der Waals surface area contributed by atoms with Gasteiger partial charge in [-0.3, -0.25) is 10.1 Å². The molecule has 14 nitrogen and oxygen atoms in total. The van der Waals surface area contributed by atoms with E-state index in [1.54, 1.807) is 13.8 Å². The molecule has 34 heavy (non-hydrogen) atoms. The predicted octanol–water partition coefficient (Wildman–Crippen LogP) is 1.28. The van der Waals surface area contributed by atoms with E-state index in [9.17, 15) is 38.3 Å². The number of carbonyl (C=O) groups is 2. The second-order valence-electron chi connectivity index (χ2n) is 6.97. The minimum absolute atomic E-state index is 0.0495. The van der Waals surface area contributed by atoms with E-state index in [0.29, 0.717) is 11.8 Å². The number of aliphatic hydroxyl groups excluding tert-OH is 1. The number of hydrogen-bond donors (Lipinski definition) is 2. The van der Waals surface area contributed by atoms with Crippen LogP contribution in [0.25, 0.3) is 0 Å². The van der Waals surface area contributed by atoms with Gasteiger partial charge >= 0.3 is 29.4 Å². The molecule has 15 heteroatoms. The predicted molar refractivity (Wildman–Crippen MR) is 113 cm³/mol. The lowest BCUT2D eigenvalue weighted by Crippen LogP contribution is -2.37. The highest BCUT2D eigenvalue weighted by molar-refractivity contribution is 7.90. The van der Waals surface area contributed by atoms with Crippen LogP contribution in [0.5, 0.6) is 17.5 Å². The van der Waals surface area contributed by atoms with Crippen LogP contribution in [0.4, 0.5) is 5.69 Å². The lowest BCUT2D eigenvalue weighted by Gasteiger charge is -2.17. The van der Waals surface area contributed by atoms with E-state index in [-0.39, 0.29) is 17.9 Å². The summed E-state index contributed by atoms with van der Waals surface area (Å²) in [6.45, 7) is 4.33. The topological polar surface area (TPSA) is 205 Å². The van der Waals surface area contributed by atoms with Crippen LogP contribution in [-0.2, 0) is 19.4 Å². The van der Waals surface area contributed by atoms with E-state index < -0.39 is 61.5 Å². The minimum atomic E-state index is -4.18. The number of carboxylic acid groups (broad SMARTS) is 1. The fourth-order valence-corrected chi connectivity index (χ4v) is 3.10. The van der Waals surface area contributed by atoms with Crippen molar-refractivity contribution in [3.63, 3.8) is 0 Å². The van der Waals surface area contributed by atoms with Crippen molar-refractivity contribution < 1.29 is 47.4 Å². The molecule has 184 valence electrons. The lowest BCUT2D eigenvalue weighted by atomic mass is 10.1. The van der Waals surface area contributed by atoms with Crippen molar-refractivity contribution in [3.8, 4) is 17.5 Å². The maximum Gasteiger partial charge on any atom is 0.392 e. The van der Waals surface area contributed by atoms with Crippen molar-refractivity contribution in [2.24, 2.45) is 0 Å². The number of esters is 1.